The van der Waals surface area contributed by atoms with E-state index in [1.165, 1.54) is 23.1 Å². The smallest absolute Gasteiger partial charge is 0.417 e. The van der Waals surface area contributed by atoms with Gasteiger partial charge in [-0.1, -0.05) is 77.8 Å². The molecule has 4 amide bonds. The summed E-state index contributed by atoms with van der Waals surface area (Å²) >= 11 is 19.1. The van der Waals surface area contributed by atoms with Crippen LogP contribution in [0.25, 0.3) is 0 Å². The molecule has 2 saturated heterocycles. The maximum absolute atomic E-state index is 15.2. The molecule has 5 aliphatic rings. The fourth-order valence-electron chi connectivity index (χ4n) is 9.61. The van der Waals surface area contributed by atoms with Gasteiger partial charge in [-0.25, -0.2) is 4.98 Å². The van der Waals surface area contributed by atoms with E-state index in [2.05, 4.69) is 10.4 Å². The first-order valence-corrected chi connectivity index (χ1v) is 18.6. The topological polar surface area (TPSA) is 120 Å². The molecular weight excluding hydrogens is 756 g/mol. The predicted molar refractivity (Wildman–Crippen MR) is 189 cm³/mol. The Labute approximate surface area is 317 Å². The Kier molecular flexibility index (Phi) is 8.81. The largest absolute Gasteiger partial charge is 0.508 e. The SMILES string of the molecule is O=C1C2CC3C(=CCC4C(=O)N(C5CCCCC5)C(=O)C43)C(c3cc(Cl)ccc3O)C2(c2ccc(Cl)cc2)C(=O)N1Nc1ncc(C(F)(F)F)cc1Cl. The van der Waals surface area contributed by atoms with E-state index >= 15 is 4.79 Å². The Morgan fingerprint density at radius 3 is 2.25 bits per heavy atom. The first kappa shape index (κ1) is 35.9. The molecule has 0 bridgehead atoms. The lowest BCUT2D eigenvalue weighted by Crippen LogP contribution is -2.53. The predicted octanol–water partition coefficient (Wildman–Crippen LogP) is 8.08. The molecule has 4 fully saturated rings. The first-order valence-electron chi connectivity index (χ1n) is 17.4. The van der Waals surface area contributed by atoms with E-state index in [1.807, 2.05) is 6.08 Å². The summed E-state index contributed by atoms with van der Waals surface area (Å²) in [6, 6.07) is 11.2. The highest BCUT2D eigenvalue weighted by Gasteiger charge is 2.71. The summed E-state index contributed by atoms with van der Waals surface area (Å²) in [6.07, 6.45) is 2.11. The van der Waals surface area contributed by atoms with Crippen LogP contribution in [0.15, 0.2) is 66.4 Å². The second-order valence-electron chi connectivity index (χ2n) is 14.5. The van der Waals surface area contributed by atoms with Gasteiger partial charge < -0.3 is 5.11 Å². The molecule has 3 aliphatic carbocycles. The van der Waals surface area contributed by atoms with Crippen LogP contribution in [0, 0.1) is 23.7 Å². The van der Waals surface area contributed by atoms with E-state index in [1.54, 1.807) is 24.3 Å². The summed E-state index contributed by atoms with van der Waals surface area (Å²) in [5.41, 5.74) is 0.878. The number of pyridine rings is 1. The van der Waals surface area contributed by atoms with Crippen LogP contribution >= 0.6 is 34.8 Å². The van der Waals surface area contributed by atoms with Crippen molar-refractivity contribution in [1.29, 1.82) is 0 Å². The number of phenolic OH excluding ortho intramolecular Hbond substituents is 1. The molecule has 2 saturated carbocycles. The number of nitrogens with zero attached hydrogens (tertiary/aromatic N) is 3. The van der Waals surface area contributed by atoms with Crippen molar-refractivity contribution < 1.29 is 37.5 Å². The van der Waals surface area contributed by atoms with Crippen LogP contribution < -0.4 is 5.43 Å². The number of fused-ring (bicyclic) bond motifs is 4. The van der Waals surface area contributed by atoms with E-state index in [0.29, 0.717) is 33.4 Å². The van der Waals surface area contributed by atoms with Gasteiger partial charge in [-0.05, 0) is 73.6 Å². The van der Waals surface area contributed by atoms with Gasteiger partial charge in [0.25, 0.3) is 11.8 Å². The van der Waals surface area contributed by atoms with Gasteiger partial charge in [0.1, 0.15) is 5.75 Å². The third-order valence-electron chi connectivity index (χ3n) is 11.8. The Balaban J connectivity index is 1.30. The van der Waals surface area contributed by atoms with Crippen LogP contribution in [0.5, 0.6) is 5.75 Å². The number of imide groups is 2. The Morgan fingerprint density at radius 1 is 0.868 bits per heavy atom. The summed E-state index contributed by atoms with van der Waals surface area (Å²) in [5.74, 6) is -7.12. The van der Waals surface area contributed by atoms with Crippen molar-refractivity contribution in [3.63, 3.8) is 0 Å². The van der Waals surface area contributed by atoms with Gasteiger partial charge in [0.05, 0.1) is 33.8 Å². The highest BCUT2D eigenvalue weighted by atomic mass is 35.5. The molecule has 53 heavy (non-hydrogen) atoms. The van der Waals surface area contributed by atoms with E-state index in [0.717, 1.165) is 32.1 Å². The number of hydrogen-bond donors (Lipinski definition) is 2. The lowest BCUT2D eigenvalue weighted by atomic mass is 9.49. The molecule has 2 N–H and O–H groups in total. The fourth-order valence-corrected chi connectivity index (χ4v) is 10.1. The molecule has 3 aromatic rings. The summed E-state index contributed by atoms with van der Waals surface area (Å²) in [4.78, 5) is 63.7. The number of carbonyl (C=O) groups excluding carboxylic acids is 4. The van der Waals surface area contributed by atoms with Crippen LogP contribution in [0.3, 0.4) is 0 Å². The number of benzene rings is 2. The monoisotopic (exact) mass is 786 g/mol. The summed E-state index contributed by atoms with van der Waals surface area (Å²) in [6.45, 7) is 0. The van der Waals surface area contributed by atoms with Crippen molar-refractivity contribution in [3.05, 3.63) is 98.1 Å². The Hall–Kier alpha value is -4.13. The summed E-state index contributed by atoms with van der Waals surface area (Å²) in [5, 5.41) is 12.3. The number of hydrazine groups is 1. The number of aromatic hydroxyl groups is 1. The lowest BCUT2D eigenvalue weighted by Gasteiger charge is -2.50. The maximum atomic E-state index is 15.2. The van der Waals surface area contributed by atoms with Gasteiger partial charge in [0.2, 0.25) is 11.8 Å². The summed E-state index contributed by atoms with van der Waals surface area (Å²) < 4.78 is 40.4. The van der Waals surface area contributed by atoms with E-state index in [-0.39, 0.29) is 52.9 Å². The molecule has 6 unspecified atom stereocenters. The second-order valence-corrected chi connectivity index (χ2v) is 15.7. The van der Waals surface area contributed by atoms with Crippen LogP contribution in [0.2, 0.25) is 15.1 Å². The number of carbonyl (C=O) groups is 4. The van der Waals surface area contributed by atoms with Crippen LogP contribution in [0.1, 0.15) is 67.6 Å². The highest BCUT2D eigenvalue weighted by molar-refractivity contribution is 6.33. The summed E-state index contributed by atoms with van der Waals surface area (Å²) in [7, 11) is 0. The number of alkyl halides is 3. The van der Waals surface area contributed by atoms with E-state index in [9.17, 15) is 32.7 Å². The molecule has 3 heterocycles. The van der Waals surface area contributed by atoms with Crippen molar-refractivity contribution in [3.8, 4) is 5.75 Å². The van der Waals surface area contributed by atoms with Gasteiger partial charge in [-0.2, -0.15) is 18.2 Å². The van der Waals surface area contributed by atoms with Crippen molar-refractivity contribution in [1.82, 2.24) is 14.9 Å². The lowest BCUT2D eigenvalue weighted by molar-refractivity contribution is -0.144. The second kappa shape index (κ2) is 13.0. The van der Waals surface area contributed by atoms with Gasteiger partial charge in [0.15, 0.2) is 5.82 Å². The van der Waals surface area contributed by atoms with Crippen molar-refractivity contribution in [2.75, 3.05) is 5.43 Å². The first-order chi connectivity index (χ1) is 25.2. The normalized spacial score (nSPS) is 28.9. The minimum atomic E-state index is -4.75. The number of allylic oxidation sites excluding steroid dienone is 2. The number of halogens is 6. The average Bonchev–Trinajstić information content (AvgIpc) is 3.51. The number of rotatable bonds is 5. The number of anilines is 1. The zero-order valence-electron chi connectivity index (χ0n) is 27.9. The number of phenols is 1. The molecule has 276 valence electrons. The minimum Gasteiger partial charge on any atom is -0.508 e. The molecule has 1 aromatic heterocycles. The van der Waals surface area contributed by atoms with Crippen molar-refractivity contribution in [2.24, 2.45) is 23.7 Å². The zero-order chi connectivity index (χ0) is 37.6. The Morgan fingerprint density at radius 2 is 1.57 bits per heavy atom. The van der Waals surface area contributed by atoms with Crippen LogP contribution in [-0.2, 0) is 30.8 Å². The van der Waals surface area contributed by atoms with Gasteiger partial charge in [0, 0.05) is 33.8 Å². The highest BCUT2D eigenvalue weighted by Crippen LogP contribution is 2.65. The standard InChI is InChI=1S/C38H32Cl3F3N4O5/c39-20-8-6-18(7-9-20)37-27(34(51)48(36(37)53)46-32-28(41)14-19(17-45-32)38(42,43)44)16-25-23(31(37)26-15-21(40)10-13-29(26)49)11-12-24-30(25)35(52)47(33(24)50)22-4-2-1-3-5-22/h6-11,13-15,17,22,24-25,27,30-31,49H,1-5,12,16H2,(H,45,46). The molecule has 2 aliphatic heterocycles. The third-order valence-corrected chi connectivity index (χ3v) is 12.6. The molecule has 6 atom stereocenters. The number of hydrogen-bond acceptors (Lipinski definition) is 7. The molecule has 9 nitrogen and oxygen atoms in total. The third kappa shape index (κ3) is 5.54. The van der Waals surface area contributed by atoms with Gasteiger partial charge >= 0.3 is 6.18 Å². The van der Waals surface area contributed by atoms with E-state index < -0.39 is 63.6 Å². The van der Waals surface area contributed by atoms with Crippen molar-refractivity contribution in [2.45, 2.75) is 68.5 Å². The molecule has 2 aromatic carbocycles. The average molecular weight is 788 g/mol. The van der Waals surface area contributed by atoms with Gasteiger partial charge in [-0.15, -0.1) is 0 Å². The molecular formula is C38H32Cl3F3N4O5. The molecule has 0 radical (unpaired) electrons. The minimum absolute atomic E-state index is 0.0259. The molecule has 15 heteroatoms. The van der Waals surface area contributed by atoms with Crippen LogP contribution in [0.4, 0.5) is 19.0 Å². The maximum Gasteiger partial charge on any atom is 0.417 e. The number of amides is 4. The Bertz CT molecular complexity index is 2090. The number of likely N-dealkylation sites (tertiary alicyclic amines) is 1. The number of aromatic nitrogens is 1. The quantitative estimate of drug-likeness (QED) is 0.198. The fraction of sp³-hybridized carbons (Fsp3) is 0.395. The van der Waals surface area contributed by atoms with Crippen molar-refractivity contribution >= 4 is 64.2 Å². The van der Waals surface area contributed by atoms with Gasteiger partial charge in [-0.3, -0.25) is 29.5 Å². The van der Waals surface area contributed by atoms with E-state index in [4.69, 9.17) is 34.8 Å². The zero-order valence-corrected chi connectivity index (χ0v) is 30.1. The number of nitrogens with one attached hydrogen (secondary N) is 1. The van der Waals surface area contributed by atoms with Crippen LogP contribution in [-0.4, -0.2) is 49.7 Å². The molecule has 8 rings (SSSR count). The molecule has 0 spiro atoms.